The van der Waals surface area contributed by atoms with Crippen molar-refractivity contribution in [1.82, 2.24) is 15.0 Å². The Morgan fingerprint density at radius 3 is 2.50 bits per heavy atom. The SMILES string of the molecule is CSc1ccc(Oc2nc(-c3ncc4ccccc4n3)ccc2C)cc1. The highest BCUT2D eigenvalue weighted by molar-refractivity contribution is 7.98. The molecule has 0 bridgehead atoms. The molecule has 2 aromatic heterocycles. The van der Waals surface area contributed by atoms with Crippen molar-refractivity contribution in [2.75, 3.05) is 6.26 Å². The first-order valence-corrected chi connectivity index (χ1v) is 9.47. The van der Waals surface area contributed by atoms with E-state index < -0.39 is 0 Å². The molecule has 0 radical (unpaired) electrons. The Balaban J connectivity index is 1.68. The third-order valence-electron chi connectivity index (χ3n) is 4.04. The van der Waals surface area contributed by atoms with Gasteiger partial charge in [0.15, 0.2) is 5.82 Å². The van der Waals surface area contributed by atoms with Gasteiger partial charge in [0.25, 0.3) is 0 Å². The van der Waals surface area contributed by atoms with Crippen LogP contribution >= 0.6 is 11.8 Å². The molecule has 4 rings (SSSR count). The number of hydrogen-bond donors (Lipinski definition) is 0. The van der Waals surface area contributed by atoms with Crippen molar-refractivity contribution < 1.29 is 4.74 Å². The molecule has 0 saturated heterocycles. The highest BCUT2D eigenvalue weighted by Gasteiger charge is 2.10. The van der Waals surface area contributed by atoms with Crippen molar-refractivity contribution in [3.8, 4) is 23.1 Å². The number of benzene rings is 2. The lowest BCUT2D eigenvalue weighted by Gasteiger charge is -2.10. The lowest BCUT2D eigenvalue weighted by molar-refractivity contribution is 0.459. The Morgan fingerprint density at radius 2 is 1.69 bits per heavy atom. The topological polar surface area (TPSA) is 47.9 Å². The van der Waals surface area contributed by atoms with Crippen molar-refractivity contribution >= 4 is 22.7 Å². The van der Waals surface area contributed by atoms with Gasteiger partial charge in [0.2, 0.25) is 5.88 Å². The number of nitrogens with zero attached hydrogens (tertiary/aromatic N) is 3. The van der Waals surface area contributed by atoms with E-state index in [1.807, 2.05) is 73.8 Å². The first-order valence-electron chi connectivity index (χ1n) is 8.24. The Bertz CT molecular complexity index is 1060. The second-order valence-electron chi connectivity index (χ2n) is 5.85. The average molecular weight is 359 g/mol. The number of aromatic nitrogens is 3. The van der Waals surface area contributed by atoms with Crippen LogP contribution in [0.5, 0.6) is 11.6 Å². The number of thioether (sulfide) groups is 1. The molecule has 0 N–H and O–H groups in total. The highest BCUT2D eigenvalue weighted by Crippen LogP contribution is 2.27. The number of rotatable bonds is 4. The Morgan fingerprint density at radius 1 is 0.885 bits per heavy atom. The standard InChI is InChI=1S/C21H17N3OS/c1-14-7-12-19(20-22-13-15-5-3-4-6-18(15)23-20)24-21(14)25-16-8-10-17(26-2)11-9-16/h3-13H,1-2H3. The van der Waals surface area contributed by atoms with Crippen LogP contribution in [0, 0.1) is 6.92 Å². The molecule has 0 aliphatic heterocycles. The van der Waals surface area contributed by atoms with Crippen LogP contribution in [0.15, 0.2) is 71.8 Å². The van der Waals surface area contributed by atoms with Gasteiger partial charge >= 0.3 is 0 Å². The maximum absolute atomic E-state index is 5.98. The van der Waals surface area contributed by atoms with Gasteiger partial charge < -0.3 is 4.74 Å². The Labute approximate surface area is 156 Å². The van der Waals surface area contributed by atoms with E-state index in [4.69, 9.17) is 4.74 Å². The van der Waals surface area contributed by atoms with Gasteiger partial charge in [-0.15, -0.1) is 11.8 Å². The molecular formula is C21H17N3OS. The fourth-order valence-electron chi connectivity index (χ4n) is 2.59. The summed E-state index contributed by atoms with van der Waals surface area (Å²) < 4.78 is 5.98. The Kier molecular flexibility index (Phi) is 4.54. The lowest BCUT2D eigenvalue weighted by atomic mass is 10.2. The summed E-state index contributed by atoms with van der Waals surface area (Å²) in [6, 6.07) is 19.8. The van der Waals surface area contributed by atoms with Gasteiger partial charge in [-0.05, 0) is 49.6 Å². The molecule has 4 aromatic rings. The minimum atomic E-state index is 0.566. The lowest BCUT2D eigenvalue weighted by Crippen LogP contribution is -1.96. The molecule has 0 spiro atoms. The summed E-state index contributed by atoms with van der Waals surface area (Å²) in [6.45, 7) is 1.98. The van der Waals surface area contributed by atoms with E-state index in [1.54, 1.807) is 11.8 Å². The second kappa shape index (κ2) is 7.14. The maximum Gasteiger partial charge on any atom is 0.222 e. The van der Waals surface area contributed by atoms with Gasteiger partial charge in [0, 0.05) is 22.0 Å². The summed E-state index contributed by atoms with van der Waals surface area (Å²) in [7, 11) is 0. The second-order valence-corrected chi connectivity index (χ2v) is 6.73. The highest BCUT2D eigenvalue weighted by atomic mass is 32.2. The molecule has 0 aliphatic rings. The quantitative estimate of drug-likeness (QED) is 0.449. The van der Waals surface area contributed by atoms with Gasteiger partial charge in [0.05, 0.1) is 5.52 Å². The predicted octanol–water partition coefficient (Wildman–Crippen LogP) is 5.51. The predicted molar refractivity (Wildman–Crippen MR) is 106 cm³/mol. The summed E-state index contributed by atoms with van der Waals surface area (Å²) in [5.41, 5.74) is 2.55. The summed E-state index contributed by atoms with van der Waals surface area (Å²) in [5.74, 6) is 1.91. The minimum absolute atomic E-state index is 0.566. The number of ether oxygens (including phenoxy) is 1. The van der Waals surface area contributed by atoms with Gasteiger partial charge in [-0.25, -0.2) is 15.0 Å². The van der Waals surface area contributed by atoms with E-state index in [2.05, 4.69) is 21.2 Å². The van der Waals surface area contributed by atoms with Crippen LogP contribution in [0.3, 0.4) is 0 Å². The number of para-hydroxylation sites is 1. The molecule has 26 heavy (non-hydrogen) atoms. The summed E-state index contributed by atoms with van der Waals surface area (Å²) in [5, 5.41) is 1.01. The van der Waals surface area contributed by atoms with Gasteiger partial charge in [0.1, 0.15) is 11.4 Å². The average Bonchev–Trinajstić information content (AvgIpc) is 2.70. The zero-order valence-electron chi connectivity index (χ0n) is 14.5. The third-order valence-corrected chi connectivity index (χ3v) is 4.79. The minimum Gasteiger partial charge on any atom is -0.439 e. The van der Waals surface area contributed by atoms with E-state index in [1.165, 1.54) is 4.90 Å². The fraction of sp³-hybridized carbons (Fsp3) is 0.0952. The first-order chi connectivity index (χ1) is 12.7. The van der Waals surface area contributed by atoms with E-state index in [0.717, 1.165) is 22.2 Å². The van der Waals surface area contributed by atoms with Crippen LogP contribution in [0.2, 0.25) is 0 Å². The summed E-state index contributed by atoms with van der Waals surface area (Å²) in [4.78, 5) is 14.9. The fourth-order valence-corrected chi connectivity index (χ4v) is 3.00. The molecule has 0 atom stereocenters. The van der Waals surface area contributed by atoms with Crippen LogP contribution in [0.4, 0.5) is 0 Å². The van der Waals surface area contributed by atoms with E-state index in [-0.39, 0.29) is 0 Å². The van der Waals surface area contributed by atoms with Crippen molar-refractivity contribution in [1.29, 1.82) is 0 Å². The normalized spacial score (nSPS) is 10.8. The Hall–Kier alpha value is -2.92. The van der Waals surface area contributed by atoms with Crippen molar-refractivity contribution in [2.45, 2.75) is 11.8 Å². The first kappa shape index (κ1) is 16.5. The number of hydrogen-bond acceptors (Lipinski definition) is 5. The van der Waals surface area contributed by atoms with E-state index in [0.29, 0.717) is 17.4 Å². The summed E-state index contributed by atoms with van der Waals surface area (Å²) >= 11 is 1.70. The molecule has 0 saturated carbocycles. The zero-order valence-corrected chi connectivity index (χ0v) is 15.3. The van der Waals surface area contributed by atoms with E-state index >= 15 is 0 Å². The molecule has 0 amide bonds. The number of aryl methyl sites for hydroxylation is 1. The van der Waals surface area contributed by atoms with Crippen molar-refractivity contribution in [2.24, 2.45) is 0 Å². The molecule has 5 heteroatoms. The van der Waals surface area contributed by atoms with Crippen LogP contribution in [0.1, 0.15) is 5.56 Å². The molecule has 0 unspecified atom stereocenters. The van der Waals surface area contributed by atoms with E-state index in [9.17, 15) is 0 Å². The van der Waals surface area contributed by atoms with Crippen LogP contribution in [-0.2, 0) is 0 Å². The van der Waals surface area contributed by atoms with Crippen molar-refractivity contribution in [3.63, 3.8) is 0 Å². The number of fused-ring (bicyclic) bond motifs is 1. The van der Waals surface area contributed by atoms with Gasteiger partial charge in [-0.1, -0.05) is 24.3 Å². The molecule has 128 valence electrons. The molecule has 2 aromatic carbocycles. The molecule has 2 heterocycles. The molecular weight excluding hydrogens is 342 g/mol. The zero-order chi connectivity index (χ0) is 17.9. The smallest absolute Gasteiger partial charge is 0.222 e. The van der Waals surface area contributed by atoms with Crippen LogP contribution in [0.25, 0.3) is 22.4 Å². The maximum atomic E-state index is 5.98. The largest absolute Gasteiger partial charge is 0.439 e. The van der Waals surface area contributed by atoms with Gasteiger partial charge in [-0.3, -0.25) is 0 Å². The molecule has 4 nitrogen and oxygen atoms in total. The van der Waals surface area contributed by atoms with Crippen LogP contribution < -0.4 is 4.74 Å². The third kappa shape index (κ3) is 3.39. The number of pyridine rings is 1. The molecule has 0 aliphatic carbocycles. The van der Waals surface area contributed by atoms with Gasteiger partial charge in [-0.2, -0.15) is 0 Å². The summed E-state index contributed by atoms with van der Waals surface area (Å²) in [6.07, 6.45) is 3.87. The monoisotopic (exact) mass is 359 g/mol. The van der Waals surface area contributed by atoms with Crippen molar-refractivity contribution in [3.05, 3.63) is 72.4 Å². The van der Waals surface area contributed by atoms with Crippen LogP contribution in [-0.4, -0.2) is 21.2 Å². The molecule has 0 fully saturated rings.